The topological polar surface area (TPSA) is 83.7 Å². The van der Waals surface area contributed by atoms with Crippen molar-refractivity contribution < 1.29 is 12.8 Å². The number of halogens is 2. The first-order chi connectivity index (χ1) is 10.3. The van der Waals surface area contributed by atoms with E-state index in [-0.39, 0.29) is 35.8 Å². The normalized spacial score (nSPS) is 13.3. The molecule has 0 aliphatic carbocycles. The maximum atomic E-state index is 11.2. The molecular formula is C14H25BrIN3O3S. The quantitative estimate of drug-likeness (QED) is 0.312. The number of nitrogens with one attached hydrogen (secondary N) is 2. The van der Waals surface area contributed by atoms with Crippen LogP contribution in [0.4, 0.5) is 0 Å². The maximum absolute atomic E-state index is 11.2. The van der Waals surface area contributed by atoms with Gasteiger partial charge in [-0.25, -0.2) is 8.42 Å². The second-order valence-corrected chi connectivity index (χ2v) is 8.22. The van der Waals surface area contributed by atoms with Crippen molar-refractivity contribution in [1.29, 1.82) is 0 Å². The molecule has 2 N–H and O–H groups in total. The molecule has 1 rings (SSSR count). The van der Waals surface area contributed by atoms with Crippen molar-refractivity contribution in [1.82, 2.24) is 10.6 Å². The minimum absolute atomic E-state index is 0. The molecule has 0 saturated carbocycles. The third-order valence-corrected chi connectivity index (χ3v) is 4.31. The Morgan fingerprint density at radius 2 is 2.13 bits per heavy atom. The number of hydrogen-bond acceptors (Lipinski definition) is 4. The van der Waals surface area contributed by atoms with Crippen LogP contribution in [-0.4, -0.2) is 45.5 Å². The van der Waals surface area contributed by atoms with Gasteiger partial charge in [0.2, 0.25) is 0 Å². The van der Waals surface area contributed by atoms with E-state index in [1.54, 1.807) is 0 Å². The largest absolute Gasteiger partial charge is 0.454 e. The summed E-state index contributed by atoms with van der Waals surface area (Å²) < 4.78 is 28.5. The molecule has 0 spiro atoms. The van der Waals surface area contributed by atoms with Crippen LogP contribution in [0.2, 0.25) is 0 Å². The van der Waals surface area contributed by atoms with Gasteiger partial charge in [-0.1, -0.05) is 0 Å². The molecular weight excluding hydrogens is 497 g/mol. The zero-order chi connectivity index (χ0) is 16.6. The van der Waals surface area contributed by atoms with Crippen LogP contribution in [0, 0.1) is 0 Å². The molecule has 0 bridgehead atoms. The molecule has 0 aliphatic heterocycles. The van der Waals surface area contributed by atoms with Crippen molar-refractivity contribution in [2.24, 2.45) is 4.99 Å². The third-order valence-electron chi connectivity index (χ3n) is 2.91. The first kappa shape index (κ1) is 22.7. The van der Waals surface area contributed by atoms with Crippen LogP contribution in [0.1, 0.15) is 26.0 Å². The molecule has 1 unspecified atom stereocenters. The monoisotopic (exact) mass is 521 g/mol. The highest BCUT2D eigenvalue weighted by atomic mass is 127. The van der Waals surface area contributed by atoms with Gasteiger partial charge >= 0.3 is 0 Å². The smallest absolute Gasteiger partial charge is 0.191 e. The fraction of sp³-hybridized carbons (Fsp3) is 0.643. The molecule has 0 amide bonds. The number of aliphatic imine (C=N–C) groups is 1. The zero-order valence-electron chi connectivity index (χ0n) is 13.6. The van der Waals surface area contributed by atoms with E-state index in [0.29, 0.717) is 30.0 Å². The molecule has 6 nitrogen and oxygen atoms in total. The predicted molar refractivity (Wildman–Crippen MR) is 108 cm³/mol. The van der Waals surface area contributed by atoms with Crippen molar-refractivity contribution in [3.8, 4) is 0 Å². The van der Waals surface area contributed by atoms with Crippen LogP contribution in [-0.2, 0) is 16.3 Å². The van der Waals surface area contributed by atoms with Gasteiger partial charge < -0.3 is 15.1 Å². The highest BCUT2D eigenvalue weighted by Crippen LogP contribution is 2.14. The van der Waals surface area contributed by atoms with Gasteiger partial charge in [-0.2, -0.15) is 0 Å². The van der Waals surface area contributed by atoms with Gasteiger partial charge in [0, 0.05) is 31.8 Å². The van der Waals surface area contributed by atoms with Crippen molar-refractivity contribution in [2.75, 3.05) is 25.1 Å². The van der Waals surface area contributed by atoms with Crippen molar-refractivity contribution in [3.05, 3.63) is 22.6 Å². The lowest BCUT2D eigenvalue weighted by molar-refractivity contribution is 0.489. The standard InChI is InChI=1S/C14H24BrN3O3S.HI/c1-4-16-14(18-11(2)8-10-22(3,19)20)17-9-7-12-5-6-13(15)21-12;/h5-6,11H,4,7-10H2,1-3H3,(H2,16,17,18);1H. The highest BCUT2D eigenvalue weighted by molar-refractivity contribution is 14.0. The number of rotatable bonds is 8. The zero-order valence-corrected chi connectivity index (χ0v) is 18.4. The summed E-state index contributed by atoms with van der Waals surface area (Å²) >= 11 is 3.27. The summed E-state index contributed by atoms with van der Waals surface area (Å²) in [5.74, 6) is 1.73. The Labute approximate surface area is 164 Å². The molecule has 134 valence electrons. The van der Waals surface area contributed by atoms with E-state index in [4.69, 9.17) is 4.42 Å². The molecule has 0 aliphatic rings. The van der Waals surface area contributed by atoms with Crippen molar-refractivity contribution >= 4 is 55.7 Å². The van der Waals surface area contributed by atoms with Crippen LogP contribution >= 0.6 is 39.9 Å². The number of hydrogen-bond donors (Lipinski definition) is 2. The molecule has 1 atom stereocenters. The van der Waals surface area contributed by atoms with E-state index in [1.165, 1.54) is 6.26 Å². The lowest BCUT2D eigenvalue weighted by Crippen LogP contribution is -2.43. The minimum Gasteiger partial charge on any atom is -0.454 e. The minimum atomic E-state index is -2.94. The van der Waals surface area contributed by atoms with Gasteiger partial charge in [-0.15, -0.1) is 24.0 Å². The molecule has 0 aromatic carbocycles. The summed E-state index contributed by atoms with van der Waals surface area (Å²) in [7, 11) is -2.94. The van der Waals surface area contributed by atoms with E-state index in [9.17, 15) is 8.42 Å². The van der Waals surface area contributed by atoms with E-state index < -0.39 is 9.84 Å². The first-order valence-corrected chi connectivity index (χ1v) is 10.1. The van der Waals surface area contributed by atoms with Crippen LogP contribution in [0.15, 0.2) is 26.2 Å². The number of nitrogens with zero attached hydrogens (tertiary/aromatic N) is 1. The molecule has 1 aromatic heterocycles. The van der Waals surface area contributed by atoms with Gasteiger partial charge in [0.15, 0.2) is 10.6 Å². The van der Waals surface area contributed by atoms with Gasteiger partial charge in [0.1, 0.15) is 15.6 Å². The van der Waals surface area contributed by atoms with Gasteiger partial charge in [0.25, 0.3) is 0 Å². The van der Waals surface area contributed by atoms with Crippen LogP contribution in [0.3, 0.4) is 0 Å². The van der Waals surface area contributed by atoms with E-state index in [1.807, 2.05) is 26.0 Å². The molecule has 23 heavy (non-hydrogen) atoms. The SMILES string of the molecule is CCNC(=NCCc1ccc(Br)o1)NC(C)CCS(C)(=O)=O.I. The fourth-order valence-electron chi connectivity index (χ4n) is 1.78. The van der Waals surface area contributed by atoms with Gasteiger partial charge in [-0.3, -0.25) is 4.99 Å². The summed E-state index contributed by atoms with van der Waals surface area (Å²) in [5, 5.41) is 6.37. The number of guanidine groups is 1. The van der Waals surface area contributed by atoms with Gasteiger partial charge in [0.05, 0.1) is 5.75 Å². The number of furan rings is 1. The van der Waals surface area contributed by atoms with Crippen LogP contribution < -0.4 is 10.6 Å². The van der Waals surface area contributed by atoms with Crippen molar-refractivity contribution in [2.45, 2.75) is 32.7 Å². The summed E-state index contributed by atoms with van der Waals surface area (Å²) in [4.78, 5) is 4.47. The Bertz CT molecular complexity index is 590. The molecule has 0 fully saturated rings. The Morgan fingerprint density at radius 3 is 2.65 bits per heavy atom. The summed E-state index contributed by atoms with van der Waals surface area (Å²) in [6.07, 6.45) is 2.51. The molecule has 1 heterocycles. The molecule has 0 saturated heterocycles. The summed E-state index contributed by atoms with van der Waals surface area (Å²) in [6.45, 7) is 5.27. The summed E-state index contributed by atoms with van der Waals surface area (Å²) in [5.41, 5.74) is 0. The average molecular weight is 522 g/mol. The Balaban J connectivity index is 0.00000484. The Hall–Kier alpha value is -0.290. The predicted octanol–water partition coefficient (Wildman–Crippen LogP) is 2.58. The van der Waals surface area contributed by atoms with Crippen LogP contribution in [0.25, 0.3) is 0 Å². The van der Waals surface area contributed by atoms with Crippen LogP contribution in [0.5, 0.6) is 0 Å². The first-order valence-electron chi connectivity index (χ1n) is 7.27. The summed E-state index contributed by atoms with van der Waals surface area (Å²) in [6, 6.07) is 3.80. The second-order valence-electron chi connectivity index (χ2n) is 5.18. The molecule has 0 radical (unpaired) electrons. The van der Waals surface area contributed by atoms with E-state index >= 15 is 0 Å². The second kappa shape index (κ2) is 11.3. The van der Waals surface area contributed by atoms with Crippen molar-refractivity contribution in [3.63, 3.8) is 0 Å². The third kappa shape index (κ3) is 11.0. The van der Waals surface area contributed by atoms with Gasteiger partial charge in [-0.05, 0) is 48.3 Å². The highest BCUT2D eigenvalue weighted by Gasteiger charge is 2.09. The molecule has 1 aromatic rings. The Kier molecular flexibility index (Phi) is 11.2. The lowest BCUT2D eigenvalue weighted by Gasteiger charge is -2.17. The average Bonchev–Trinajstić information content (AvgIpc) is 2.81. The maximum Gasteiger partial charge on any atom is 0.191 e. The number of sulfone groups is 1. The van der Waals surface area contributed by atoms with E-state index in [0.717, 1.165) is 12.3 Å². The lowest BCUT2D eigenvalue weighted by atomic mass is 10.3. The Morgan fingerprint density at radius 1 is 1.43 bits per heavy atom. The fourth-order valence-corrected chi connectivity index (χ4v) is 2.90. The van der Waals surface area contributed by atoms with E-state index in [2.05, 4.69) is 31.6 Å². The molecule has 9 heteroatoms.